The van der Waals surface area contributed by atoms with Crippen molar-refractivity contribution < 1.29 is 43.6 Å². The van der Waals surface area contributed by atoms with Crippen molar-refractivity contribution in [2.75, 3.05) is 10.6 Å². The monoisotopic (exact) mass is 773 g/mol. The average Bonchev–Trinajstić information content (AvgIpc) is 2.72. The molecule has 9 nitrogen and oxygen atoms in total. The molecule has 3 rings (SSSR count). The topological polar surface area (TPSA) is 144 Å². The molecule has 0 atom stereocenters. The minimum atomic E-state index is -4.07. The number of nitrogens with zero attached hydrogens (tertiary/aromatic N) is 1. The van der Waals surface area contributed by atoms with Gasteiger partial charge in [-0.15, -0.1) is 5.56 Å². The predicted molar refractivity (Wildman–Crippen MR) is 126 cm³/mol. The molecule has 3 aromatic rings. The van der Waals surface area contributed by atoms with Crippen LogP contribution in [0.1, 0.15) is 5.56 Å². The molecular formula is C19H12ClFIN4O5SW-. The number of nitrogens with two attached hydrogens (primary N) is 1. The summed E-state index contributed by atoms with van der Waals surface area (Å²) in [6.07, 6.45) is 1.48. The average molecular weight is 774 g/mol. The quantitative estimate of drug-likeness (QED) is 0.138. The molecular weight excluding hydrogens is 761 g/mol. The fourth-order valence-corrected chi connectivity index (χ4v) is 4.19. The Kier molecular flexibility index (Phi) is 8.93. The van der Waals surface area contributed by atoms with Gasteiger partial charge in [-0.3, -0.25) is 10.1 Å². The number of nitro groups is 1. The molecule has 0 aliphatic rings. The molecule has 3 aromatic carbocycles. The van der Waals surface area contributed by atoms with Crippen LogP contribution in [0.3, 0.4) is 0 Å². The van der Waals surface area contributed by atoms with Crippen molar-refractivity contribution in [1.29, 1.82) is 0 Å². The number of halogens is 3. The molecule has 0 aliphatic heterocycles. The van der Waals surface area contributed by atoms with E-state index in [0.717, 1.165) is 15.7 Å². The summed E-state index contributed by atoms with van der Waals surface area (Å²) in [5.41, 5.74) is -1.95. The van der Waals surface area contributed by atoms with E-state index < -0.39 is 43.4 Å². The Labute approximate surface area is 220 Å². The summed E-state index contributed by atoms with van der Waals surface area (Å²) >= 11 is 8.18. The first-order valence-electron chi connectivity index (χ1n) is 8.52. The summed E-state index contributed by atoms with van der Waals surface area (Å²) < 4.78 is 39.4. The van der Waals surface area contributed by atoms with Gasteiger partial charge < -0.3 is 15.4 Å². The molecule has 4 N–H and O–H groups in total. The third kappa shape index (κ3) is 6.27. The Balaban J connectivity index is 0.00000385. The summed E-state index contributed by atoms with van der Waals surface area (Å²) in [4.78, 5) is 21.8. The molecule has 0 aliphatic carbocycles. The molecule has 0 heterocycles. The normalized spacial score (nSPS) is 10.8. The Morgan fingerprint density at radius 2 is 1.82 bits per heavy atom. The van der Waals surface area contributed by atoms with Crippen molar-refractivity contribution in [2.45, 2.75) is 4.90 Å². The van der Waals surface area contributed by atoms with E-state index in [4.69, 9.17) is 16.7 Å². The maximum Gasteiger partial charge on any atom is 0.243 e. The van der Waals surface area contributed by atoms with Gasteiger partial charge in [0.1, 0.15) is 11.5 Å². The van der Waals surface area contributed by atoms with Gasteiger partial charge in [0.2, 0.25) is 15.7 Å². The minimum Gasteiger partial charge on any atom is -0.404 e. The molecule has 0 saturated carbocycles. The van der Waals surface area contributed by atoms with E-state index in [1.807, 2.05) is 22.6 Å². The van der Waals surface area contributed by atoms with Gasteiger partial charge in [-0.2, -0.15) is 0 Å². The van der Waals surface area contributed by atoms with Crippen LogP contribution in [-0.4, -0.2) is 19.6 Å². The Hall–Kier alpha value is -2.12. The molecule has 172 valence electrons. The van der Waals surface area contributed by atoms with E-state index >= 15 is 4.39 Å². The van der Waals surface area contributed by atoms with Crippen LogP contribution >= 0.6 is 34.2 Å². The Bertz CT molecular complexity index is 1360. The maximum absolute atomic E-state index is 15.5. The van der Waals surface area contributed by atoms with Gasteiger partial charge in [-0.1, -0.05) is 23.7 Å². The van der Waals surface area contributed by atoms with E-state index in [-0.39, 0.29) is 42.4 Å². The third-order valence-corrected chi connectivity index (χ3v) is 6.07. The van der Waals surface area contributed by atoms with Crippen LogP contribution in [0.4, 0.5) is 32.8 Å². The zero-order valence-corrected chi connectivity index (χ0v) is 22.8. The minimum absolute atomic E-state index is 0. The van der Waals surface area contributed by atoms with Gasteiger partial charge in [-0.05, 0) is 64.7 Å². The van der Waals surface area contributed by atoms with E-state index in [2.05, 4.69) is 10.6 Å². The summed E-state index contributed by atoms with van der Waals surface area (Å²) in [6, 6.07) is 10.6. The van der Waals surface area contributed by atoms with E-state index in [1.165, 1.54) is 24.5 Å². The molecule has 0 bridgehead atoms. The fraction of sp³-hybridized carbons (Fsp3) is 0. The first-order valence-corrected chi connectivity index (χ1v) is 11.5. The molecule has 0 spiro atoms. The number of nitrogens with one attached hydrogen (secondary N) is 2. The molecule has 0 saturated heterocycles. The Morgan fingerprint density at radius 1 is 1.12 bits per heavy atom. The number of nitro benzene ring substituents is 1. The smallest absolute Gasteiger partial charge is 0.243 e. The maximum atomic E-state index is 15.5. The molecule has 0 aromatic heterocycles. The SMILES string of the molecule is NS(=O)(=O)c1cccc(Nc2c([N+](=O)[O-])cc([C-]=O)c(Nc3ccc(I)cc3Cl)c2F)c1.[W]. The number of anilines is 4. The first kappa shape index (κ1) is 27.1. The third-order valence-electron chi connectivity index (χ3n) is 4.17. The largest absolute Gasteiger partial charge is 0.404 e. The van der Waals surface area contributed by atoms with Crippen LogP contribution in [0.25, 0.3) is 0 Å². The first-order chi connectivity index (χ1) is 15.0. The van der Waals surface area contributed by atoms with Gasteiger partial charge in [0.05, 0.1) is 21.1 Å². The van der Waals surface area contributed by atoms with Gasteiger partial charge in [-0.25, -0.2) is 17.9 Å². The van der Waals surface area contributed by atoms with Crippen LogP contribution < -0.4 is 15.8 Å². The van der Waals surface area contributed by atoms with Crippen molar-refractivity contribution >= 4 is 78.9 Å². The van der Waals surface area contributed by atoms with E-state index in [0.29, 0.717) is 0 Å². The van der Waals surface area contributed by atoms with Gasteiger partial charge in [0, 0.05) is 36.0 Å². The van der Waals surface area contributed by atoms with Crippen molar-refractivity contribution in [1.82, 2.24) is 0 Å². The van der Waals surface area contributed by atoms with Crippen molar-refractivity contribution in [3.8, 4) is 0 Å². The summed E-state index contributed by atoms with van der Waals surface area (Å²) in [7, 11) is -4.07. The number of rotatable bonds is 7. The zero-order chi connectivity index (χ0) is 23.6. The number of carbonyl (C=O) groups excluding carboxylic acids is 1. The van der Waals surface area contributed by atoms with Crippen molar-refractivity contribution in [2.24, 2.45) is 5.14 Å². The molecule has 0 unspecified atom stereocenters. The second-order valence-electron chi connectivity index (χ2n) is 6.31. The predicted octanol–water partition coefficient (Wildman–Crippen LogP) is 4.58. The van der Waals surface area contributed by atoms with Crippen molar-refractivity contribution in [3.63, 3.8) is 0 Å². The number of hydrogen-bond donors (Lipinski definition) is 3. The number of hydrogen-bond acceptors (Lipinski definition) is 7. The standard InChI is InChI=1S/C19H12ClFIN4O5S.W/c20-14-7-11(22)4-5-15(14)25-18-10(9-27)6-16(26(28)29)19(17(18)21)24-12-2-1-3-13(8-12)32(23,30)31;/h1-8,24-25H,(H2,23,30,31);/q-1;. The molecule has 0 amide bonds. The number of benzene rings is 3. The summed E-state index contributed by atoms with van der Waals surface area (Å²) in [6.45, 7) is 0. The van der Waals surface area contributed by atoms with Crippen LogP contribution in [0.15, 0.2) is 53.4 Å². The fourth-order valence-electron chi connectivity index (χ4n) is 2.72. The zero-order valence-electron chi connectivity index (χ0n) is 16.1. The molecule has 0 fully saturated rings. The van der Waals surface area contributed by atoms with Crippen LogP contribution in [0, 0.1) is 19.5 Å². The number of primary sulfonamides is 1. The van der Waals surface area contributed by atoms with E-state index in [9.17, 15) is 23.3 Å². The van der Waals surface area contributed by atoms with E-state index in [1.54, 1.807) is 18.2 Å². The van der Waals surface area contributed by atoms with Crippen molar-refractivity contribution in [3.05, 3.63) is 78.6 Å². The van der Waals surface area contributed by atoms with Gasteiger partial charge >= 0.3 is 0 Å². The summed E-state index contributed by atoms with van der Waals surface area (Å²) in [5, 5.41) is 22.0. The van der Waals surface area contributed by atoms with Crippen LogP contribution in [0.2, 0.25) is 5.02 Å². The van der Waals surface area contributed by atoms with Crippen LogP contribution in [-0.2, 0) is 35.9 Å². The second kappa shape index (κ2) is 10.9. The van der Waals surface area contributed by atoms with Crippen LogP contribution in [0.5, 0.6) is 0 Å². The molecule has 14 heteroatoms. The Morgan fingerprint density at radius 3 is 2.39 bits per heavy atom. The molecule has 33 heavy (non-hydrogen) atoms. The van der Waals surface area contributed by atoms with Gasteiger partial charge in [0.25, 0.3) is 0 Å². The van der Waals surface area contributed by atoms with Gasteiger partial charge in [0.15, 0.2) is 0 Å². The second-order valence-corrected chi connectivity index (χ2v) is 9.53. The number of sulfonamides is 1. The summed E-state index contributed by atoms with van der Waals surface area (Å²) in [5.74, 6) is -1.17. The molecule has 0 radical (unpaired) electrons.